The number of hydrogen-bond donors (Lipinski definition) is 3. The molecule has 1 unspecified atom stereocenters. The molecular weight excluding hydrogens is 328 g/mol. The molecule has 0 saturated carbocycles. The average Bonchev–Trinajstić information content (AvgIpc) is 2.34. The topological polar surface area (TPSA) is 208 Å². The van der Waals surface area contributed by atoms with E-state index in [4.69, 9.17) is 4.55 Å². The Hall–Kier alpha value is -1.23. The summed E-state index contributed by atoms with van der Waals surface area (Å²) >= 11 is 0. The predicted molar refractivity (Wildman–Crippen MR) is 83.5 cm³/mol. The van der Waals surface area contributed by atoms with E-state index in [0.717, 1.165) is 32.1 Å². The van der Waals surface area contributed by atoms with E-state index in [-0.39, 0.29) is 18.7 Å². The molecule has 0 aromatic rings. The smallest absolute Gasteiger partial charge is 0.276 e. The van der Waals surface area contributed by atoms with Gasteiger partial charge in [-0.25, -0.2) is 0 Å². The van der Waals surface area contributed by atoms with Crippen LogP contribution in [0.2, 0.25) is 0 Å². The van der Waals surface area contributed by atoms with Crippen molar-refractivity contribution in [1.29, 1.82) is 0 Å². The van der Waals surface area contributed by atoms with Crippen LogP contribution in [0.25, 0.3) is 0 Å². The van der Waals surface area contributed by atoms with Crippen LogP contribution in [0.4, 0.5) is 0 Å². The molecular formula is C13H30N2O7S. The van der Waals surface area contributed by atoms with Crippen molar-refractivity contribution in [3.05, 3.63) is 0 Å². The maximum atomic E-state index is 11.3. The maximum Gasteiger partial charge on any atom is 0.276 e. The third kappa shape index (κ3) is 8.84. The number of carbonyl (C=O) groups excluding carboxylic acids is 2. The highest BCUT2D eigenvalue weighted by Crippen LogP contribution is 2.28. The Morgan fingerprint density at radius 2 is 1.39 bits per heavy atom. The van der Waals surface area contributed by atoms with Crippen molar-refractivity contribution in [2.45, 2.75) is 69.5 Å². The molecule has 0 aromatic carbocycles. The Labute approximate surface area is 137 Å². The molecule has 9 N–H and O–H groups in total. The lowest BCUT2D eigenvalue weighted by Crippen LogP contribution is -2.56. The molecule has 10 heteroatoms. The monoisotopic (exact) mass is 358 g/mol. The number of quaternary nitrogens is 2. The fourth-order valence-corrected chi connectivity index (χ4v) is 3.10. The van der Waals surface area contributed by atoms with Gasteiger partial charge >= 0.3 is 0 Å². The normalized spacial score (nSPS) is 13.3. The van der Waals surface area contributed by atoms with Crippen LogP contribution >= 0.6 is 0 Å². The van der Waals surface area contributed by atoms with Gasteiger partial charge in [-0.05, 0) is 6.42 Å². The minimum absolute atomic E-state index is 0. The molecule has 0 heterocycles. The van der Waals surface area contributed by atoms with E-state index in [9.17, 15) is 28.2 Å². The lowest BCUT2D eigenvalue weighted by atomic mass is 9.96. The molecule has 0 saturated heterocycles. The Balaban J connectivity index is -0.00000200. The predicted octanol–water partition coefficient (Wildman–Crippen LogP) is 0.396. The van der Waals surface area contributed by atoms with Gasteiger partial charge in [0.25, 0.3) is 10.1 Å². The Bertz CT molecular complexity index is 453. The van der Waals surface area contributed by atoms with Gasteiger partial charge in [0.15, 0.2) is 0 Å². The second kappa shape index (κ2) is 12.2. The van der Waals surface area contributed by atoms with Crippen LogP contribution < -0.4 is 22.5 Å². The van der Waals surface area contributed by atoms with Gasteiger partial charge in [0.1, 0.15) is 4.75 Å². The Morgan fingerprint density at radius 1 is 0.957 bits per heavy atom. The summed E-state index contributed by atoms with van der Waals surface area (Å²) in [5.74, 6) is -3.97. The number of carbonyl (C=O) groups is 2. The lowest BCUT2D eigenvalue weighted by molar-refractivity contribution is -0.319. The summed E-state index contributed by atoms with van der Waals surface area (Å²) in [7, 11) is -5.11. The van der Waals surface area contributed by atoms with Crippen LogP contribution in [0.3, 0.4) is 0 Å². The second-order valence-electron chi connectivity index (χ2n) is 5.18. The summed E-state index contributed by atoms with van der Waals surface area (Å²) in [4.78, 5) is 21.7. The zero-order valence-electron chi connectivity index (χ0n) is 14.2. The van der Waals surface area contributed by atoms with Gasteiger partial charge in [0, 0.05) is 12.4 Å². The van der Waals surface area contributed by atoms with E-state index >= 15 is 0 Å². The standard InChI is InChI=1S/C13H24O7S.2H3N/c1-2-3-4-5-6-7-8-9-13(12(16)17,10-11(14)15)21(18,19)20;;/h2-10H2,1H3,(H,14,15)(H,16,17)(H,18,19,20);2*1H3. The minimum atomic E-state index is -5.11. The van der Waals surface area contributed by atoms with E-state index in [1.807, 2.05) is 0 Å². The number of unbranched alkanes of at least 4 members (excludes halogenated alkanes) is 6. The number of hydrogen-bond acceptors (Lipinski definition) is 6. The molecule has 0 amide bonds. The number of carboxylic acid groups (broad SMARTS) is 2. The van der Waals surface area contributed by atoms with Gasteiger partial charge in [0.05, 0.1) is 5.97 Å². The Kier molecular flexibility index (Phi) is 14.2. The summed E-state index contributed by atoms with van der Waals surface area (Å²) in [5, 5.41) is 21.7. The third-order valence-corrected chi connectivity index (χ3v) is 4.98. The molecule has 0 aliphatic rings. The second-order valence-corrected chi connectivity index (χ2v) is 6.91. The molecule has 0 rings (SSSR count). The largest absolute Gasteiger partial charge is 0.550 e. The third-order valence-electron chi connectivity index (χ3n) is 3.48. The summed E-state index contributed by atoms with van der Waals surface area (Å²) < 4.78 is 28.8. The zero-order valence-corrected chi connectivity index (χ0v) is 15.0. The number of aliphatic carboxylic acids is 2. The first kappa shape index (κ1) is 26.7. The SMILES string of the molecule is CCCCCCCCCC(CC(=O)[O-])(C(=O)[O-])S(=O)(=O)O.[NH4+].[NH4+]. The van der Waals surface area contributed by atoms with Crippen LogP contribution in [0.1, 0.15) is 64.7 Å². The molecule has 0 aromatic heterocycles. The van der Waals surface area contributed by atoms with Crippen LogP contribution in [-0.4, -0.2) is 29.7 Å². The molecule has 0 spiro atoms. The summed E-state index contributed by atoms with van der Waals surface area (Å²) in [6.07, 6.45) is 3.87. The highest BCUT2D eigenvalue weighted by molar-refractivity contribution is 7.88. The molecule has 23 heavy (non-hydrogen) atoms. The van der Waals surface area contributed by atoms with E-state index in [1.165, 1.54) is 0 Å². The van der Waals surface area contributed by atoms with Crippen LogP contribution in [0.15, 0.2) is 0 Å². The van der Waals surface area contributed by atoms with Gasteiger partial charge in [-0.2, -0.15) is 8.42 Å². The highest BCUT2D eigenvalue weighted by atomic mass is 32.2. The number of carboxylic acids is 2. The van der Waals surface area contributed by atoms with Crippen molar-refractivity contribution in [3.63, 3.8) is 0 Å². The lowest BCUT2D eigenvalue weighted by Gasteiger charge is -2.31. The van der Waals surface area contributed by atoms with Crippen LogP contribution in [0.5, 0.6) is 0 Å². The van der Waals surface area contributed by atoms with Crippen LogP contribution in [-0.2, 0) is 19.7 Å². The molecule has 0 aliphatic heterocycles. The van der Waals surface area contributed by atoms with Crippen molar-refractivity contribution < 1.29 is 32.8 Å². The van der Waals surface area contributed by atoms with E-state index in [2.05, 4.69) is 6.92 Å². The highest BCUT2D eigenvalue weighted by Gasteiger charge is 2.44. The van der Waals surface area contributed by atoms with E-state index in [1.54, 1.807) is 0 Å². The quantitative estimate of drug-likeness (QED) is 0.330. The average molecular weight is 358 g/mol. The molecule has 1 atom stereocenters. The maximum absolute atomic E-state index is 11.3. The fraction of sp³-hybridized carbons (Fsp3) is 0.846. The zero-order chi connectivity index (χ0) is 16.5. The number of rotatable bonds is 12. The van der Waals surface area contributed by atoms with Gasteiger partial charge in [-0.1, -0.05) is 51.9 Å². The molecule has 9 nitrogen and oxygen atoms in total. The fourth-order valence-electron chi connectivity index (χ4n) is 2.19. The first-order chi connectivity index (χ1) is 9.67. The summed E-state index contributed by atoms with van der Waals surface area (Å²) in [5.41, 5.74) is 0. The van der Waals surface area contributed by atoms with Crippen molar-refractivity contribution >= 4 is 22.1 Å². The molecule has 0 aliphatic carbocycles. The molecule has 0 fully saturated rings. The first-order valence-electron chi connectivity index (χ1n) is 7.05. The van der Waals surface area contributed by atoms with Crippen molar-refractivity contribution in [2.24, 2.45) is 0 Å². The van der Waals surface area contributed by atoms with Crippen molar-refractivity contribution in [1.82, 2.24) is 12.3 Å². The van der Waals surface area contributed by atoms with Crippen molar-refractivity contribution in [3.8, 4) is 0 Å². The molecule has 0 radical (unpaired) electrons. The van der Waals surface area contributed by atoms with E-state index in [0.29, 0.717) is 6.42 Å². The van der Waals surface area contributed by atoms with Crippen LogP contribution in [0, 0.1) is 0 Å². The van der Waals surface area contributed by atoms with Gasteiger partial charge in [-0.15, -0.1) is 0 Å². The Morgan fingerprint density at radius 3 is 1.74 bits per heavy atom. The molecule has 0 bridgehead atoms. The van der Waals surface area contributed by atoms with E-state index < -0.39 is 39.6 Å². The van der Waals surface area contributed by atoms with Crippen molar-refractivity contribution in [2.75, 3.05) is 0 Å². The first-order valence-corrected chi connectivity index (χ1v) is 8.49. The summed E-state index contributed by atoms with van der Waals surface area (Å²) in [6, 6.07) is 0. The minimum Gasteiger partial charge on any atom is -0.550 e. The van der Waals surface area contributed by atoms with Gasteiger partial charge in [0.2, 0.25) is 0 Å². The summed E-state index contributed by atoms with van der Waals surface area (Å²) in [6.45, 7) is 2.07. The van der Waals surface area contributed by atoms with Gasteiger partial charge in [-0.3, -0.25) is 4.55 Å². The van der Waals surface area contributed by atoms with Gasteiger partial charge < -0.3 is 32.1 Å². The molecule has 140 valence electrons.